The zero-order valence-electron chi connectivity index (χ0n) is 9.27. The Balaban J connectivity index is 2.72. The molecular formula is C13H13NO2. The van der Waals surface area contributed by atoms with Crippen molar-refractivity contribution in [1.29, 1.82) is 0 Å². The molecule has 82 valence electrons. The van der Waals surface area contributed by atoms with E-state index >= 15 is 0 Å². The molecule has 2 aromatic rings. The summed E-state index contributed by atoms with van der Waals surface area (Å²) in [6.45, 7) is 3.83. The molecule has 1 N–H and O–H groups in total. The van der Waals surface area contributed by atoms with Crippen LogP contribution >= 0.6 is 0 Å². The Morgan fingerprint density at radius 3 is 2.38 bits per heavy atom. The third-order valence-corrected chi connectivity index (χ3v) is 2.54. The highest BCUT2D eigenvalue weighted by Crippen LogP contribution is 2.21. The summed E-state index contributed by atoms with van der Waals surface area (Å²) in [6.07, 6.45) is 3.70. The maximum atomic E-state index is 11.2. The Morgan fingerprint density at radius 1 is 1.19 bits per heavy atom. The van der Waals surface area contributed by atoms with Crippen molar-refractivity contribution in [2.45, 2.75) is 13.8 Å². The van der Waals surface area contributed by atoms with Crippen LogP contribution in [-0.2, 0) is 0 Å². The van der Waals surface area contributed by atoms with Crippen LogP contribution in [0.2, 0.25) is 0 Å². The maximum absolute atomic E-state index is 11.2. The molecular weight excluding hydrogens is 202 g/mol. The summed E-state index contributed by atoms with van der Waals surface area (Å²) in [5.74, 6) is -0.893. The van der Waals surface area contributed by atoms with E-state index in [1.807, 2.05) is 49.0 Å². The first-order valence-corrected chi connectivity index (χ1v) is 5.07. The summed E-state index contributed by atoms with van der Waals surface area (Å²) in [4.78, 5) is 11.2. The molecule has 0 spiro atoms. The van der Waals surface area contributed by atoms with Crippen LogP contribution in [-0.4, -0.2) is 15.6 Å². The highest BCUT2D eigenvalue weighted by atomic mass is 16.4. The SMILES string of the molecule is Cc1cc(C)c(-n2cccc2)c(C(=O)O)c1. The Labute approximate surface area is 94.0 Å². The summed E-state index contributed by atoms with van der Waals surface area (Å²) in [5, 5.41) is 9.20. The summed E-state index contributed by atoms with van der Waals surface area (Å²) in [6, 6.07) is 7.45. The van der Waals surface area contributed by atoms with Crippen molar-refractivity contribution in [2.75, 3.05) is 0 Å². The summed E-state index contributed by atoms with van der Waals surface area (Å²) in [7, 11) is 0. The zero-order valence-corrected chi connectivity index (χ0v) is 9.27. The number of benzene rings is 1. The molecule has 0 saturated heterocycles. The van der Waals surface area contributed by atoms with Gasteiger partial charge in [-0.15, -0.1) is 0 Å². The van der Waals surface area contributed by atoms with Crippen LogP contribution in [0.1, 0.15) is 21.5 Å². The van der Waals surface area contributed by atoms with Crippen molar-refractivity contribution < 1.29 is 9.90 Å². The van der Waals surface area contributed by atoms with Gasteiger partial charge in [-0.3, -0.25) is 0 Å². The van der Waals surface area contributed by atoms with E-state index in [0.29, 0.717) is 5.56 Å². The molecule has 1 aromatic carbocycles. The monoisotopic (exact) mass is 215 g/mol. The highest BCUT2D eigenvalue weighted by molar-refractivity contribution is 5.93. The second-order valence-electron chi connectivity index (χ2n) is 3.87. The van der Waals surface area contributed by atoms with E-state index < -0.39 is 5.97 Å². The van der Waals surface area contributed by atoms with Crippen molar-refractivity contribution in [1.82, 2.24) is 4.57 Å². The van der Waals surface area contributed by atoms with Gasteiger partial charge in [0, 0.05) is 12.4 Å². The van der Waals surface area contributed by atoms with Crippen LogP contribution in [0.3, 0.4) is 0 Å². The van der Waals surface area contributed by atoms with Crippen LogP contribution in [0.15, 0.2) is 36.7 Å². The Kier molecular flexibility index (Phi) is 2.52. The van der Waals surface area contributed by atoms with Crippen LogP contribution in [0.5, 0.6) is 0 Å². The average Bonchev–Trinajstić information content (AvgIpc) is 2.69. The molecule has 2 rings (SSSR count). The van der Waals surface area contributed by atoms with Crippen molar-refractivity contribution >= 4 is 5.97 Å². The smallest absolute Gasteiger partial charge is 0.337 e. The molecule has 0 radical (unpaired) electrons. The fourth-order valence-corrected chi connectivity index (χ4v) is 1.95. The largest absolute Gasteiger partial charge is 0.478 e. The quantitative estimate of drug-likeness (QED) is 0.837. The number of hydrogen-bond donors (Lipinski definition) is 1. The molecule has 0 bridgehead atoms. The van der Waals surface area contributed by atoms with Crippen molar-refractivity contribution in [2.24, 2.45) is 0 Å². The van der Waals surface area contributed by atoms with E-state index in [4.69, 9.17) is 0 Å². The minimum absolute atomic E-state index is 0.341. The second kappa shape index (κ2) is 3.85. The van der Waals surface area contributed by atoms with E-state index in [0.717, 1.165) is 16.8 Å². The third kappa shape index (κ3) is 1.72. The van der Waals surface area contributed by atoms with Gasteiger partial charge in [0.25, 0.3) is 0 Å². The van der Waals surface area contributed by atoms with Crippen LogP contribution in [0.4, 0.5) is 0 Å². The average molecular weight is 215 g/mol. The van der Waals surface area contributed by atoms with E-state index in [1.165, 1.54) is 0 Å². The first kappa shape index (κ1) is 10.5. The fourth-order valence-electron chi connectivity index (χ4n) is 1.95. The number of rotatable bonds is 2. The molecule has 0 aliphatic rings. The van der Waals surface area contributed by atoms with Gasteiger partial charge in [0.2, 0.25) is 0 Å². The molecule has 0 aliphatic heterocycles. The van der Waals surface area contributed by atoms with Gasteiger partial charge >= 0.3 is 5.97 Å². The van der Waals surface area contributed by atoms with Gasteiger partial charge < -0.3 is 9.67 Å². The lowest BCUT2D eigenvalue weighted by molar-refractivity contribution is 0.0696. The molecule has 0 fully saturated rings. The third-order valence-electron chi connectivity index (χ3n) is 2.54. The summed E-state index contributed by atoms with van der Waals surface area (Å²) in [5.41, 5.74) is 3.01. The van der Waals surface area contributed by atoms with Gasteiger partial charge in [-0.05, 0) is 43.2 Å². The van der Waals surface area contributed by atoms with Gasteiger partial charge in [0.05, 0.1) is 11.3 Å². The lowest BCUT2D eigenvalue weighted by atomic mass is 10.0. The second-order valence-corrected chi connectivity index (χ2v) is 3.87. The molecule has 0 unspecified atom stereocenters. The van der Waals surface area contributed by atoms with Crippen LogP contribution in [0.25, 0.3) is 5.69 Å². The number of aromatic nitrogens is 1. The van der Waals surface area contributed by atoms with Crippen molar-refractivity contribution in [3.8, 4) is 5.69 Å². The van der Waals surface area contributed by atoms with Gasteiger partial charge in [0.15, 0.2) is 0 Å². The number of carboxylic acids is 1. The molecule has 16 heavy (non-hydrogen) atoms. The lowest BCUT2D eigenvalue weighted by Crippen LogP contribution is -2.06. The number of aromatic carboxylic acids is 1. The predicted molar refractivity (Wildman–Crippen MR) is 62.2 cm³/mol. The topological polar surface area (TPSA) is 42.2 Å². The normalized spacial score (nSPS) is 10.4. The fraction of sp³-hybridized carbons (Fsp3) is 0.154. The molecule has 0 aliphatic carbocycles. The number of carboxylic acid groups (broad SMARTS) is 1. The number of nitrogens with zero attached hydrogens (tertiary/aromatic N) is 1. The first-order chi connectivity index (χ1) is 7.59. The minimum atomic E-state index is -0.893. The highest BCUT2D eigenvalue weighted by Gasteiger charge is 2.14. The predicted octanol–water partition coefficient (Wildman–Crippen LogP) is 2.79. The number of aryl methyl sites for hydroxylation is 2. The molecule has 1 heterocycles. The summed E-state index contributed by atoms with van der Waals surface area (Å²) >= 11 is 0. The molecule has 3 nitrogen and oxygen atoms in total. The summed E-state index contributed by atoms with van der Waals surface area (Å²) < 4.78 is 1.83. The molecule has 3 heteroatoms. The first-order valence-electron chi connectivity index (χ1n) is 5.07. The van der Waals surface area contributed by atoms with Gasteiger partial charge in [-0.25, -0.2) is 4.79 Å². The molecule has 0 amide bonds. The number of hydrogen-bond acceptors (Lipinski definition) is 1. The standard InChI is InChI=1S/C13H13NO2/c1-9-7-10(2)12(11(8-9)13(15)16)14-5-3-4-6-14/h3-8H,1-2H3,(H,15,16). The maximum Gasteiger partial charge on any atom is 0.337 e. The van der Waals surface area contributed by atoms with E-state index in [-0.39, 0.29) is 0 Å². The molecule has 0 saturated carbocycles. The van der Waals surface area contributed by atoms with Crippen molar-refractivity contribution in [3.05, 3.63) is 53.3 Å². The van der Waals surface area contributed by atoms with E-state index in [2.05, 4.69) is 0 Å². The Bertz CT molecular complexity index is 527. The lowest BCUT2D eigenvalue weighted by Gasteiger charge is -2.12. The van der Waals surface area contributed by atoms with E-state index in [9.17, 15) is 9.90 Å². The minimum Gasteiger partial charge on any atom is -0.478 e. The van der Waals surface area contributed by atoms with Crippen LogP contribution < -0.4 is 0 Å². The zero-order chi connectivity index (χ0) is 11.7. The van der Waals surface area contributed by atoms with Crippen molar-refractivity contribution in [3.63, 3.8) is 0 Å². The van der Waals surface area contributed by atoms with Gasteiger partial charge in [0.1, 0.15) is 0 Å². The van der Waals surface area contributed by atoms with Crippen LogP contribution in [0, 0.1) is 13.8 Å². The Hall–Kier alpha value is -2.03. The van der Waals surface area contributed by atoms with Gasteiger partial charge in [-0.2, -0.15) is 0 Å². The van der Waals surface area contributed by atoms with E-state index in [1.54, 1.807) is 6.07 Å². The number of carbonyl (C=O) groups is 1. The molecule has 1 aromatic heterocycles. The molecule has 0 atom stereocenters. The Morgan fingerprint density at radius 2 is 1.81 bits per heavy atom. The van der Waals surface area contributed by atoms with Gasteiger partial charge in [-0.1, -0.05) is 6.07 Å².